The van der Waals surface area contributed by atoms with Gasteiger partial charge in [-0.05, 0) is 53.2 Å². The van der Waals surface area contributed by atoms with E-state index in [1.807, 2.05) is 30.1 Å². The van der Waals surface area contributed by atoms with Gasteiger partial charge < -0.3 is 10.1 Å². The quantitative estimate of drug-likeness (QED) is 0.842. The summed E-state index contributed by atoms with van der Waals surface area (Å²) >= 11 is 9.65. The van der Waals surface area contributed by atoms with Gasteiger partial charge in [0.1, 0.15) is 0 Å². The first-order chi connectivity index (χ1) is 10.1. The number of halogens is 2. The summed E-state index contributed by atoms with van der Waals surface area (Å²) in [6.45, 7) is 3.40. The van der Waals surface area contributed by atoms with Gasteiger partial charge in [0.05, 0.1) is 35.6 Å². The van der Waals surface area contributed by atoms with Gasteiger partial charge in [-0.2, -0.15) is 5.10 Å². The number of nitrogens with zero attached hydrogens (tertiary/aromatic N) is 2. The van der Waals surface area contributed by atoms with Crippen molar-refractivity contribution < 1.29 is 4.74 Å². The predicted octanol–water partition coefficient (Wildman–Crippen LogP) is 3.56. The van der Waals surface area contributed by atoms with E-state index in [1.54, 1.807) is 7.11 Å². The number of benzene rings is 1. The van der Waals surface area contributed by atoms with E-state index in [0.717, 1.165) is 20.8 Å². The Balaban J connectivity index is 2.43. The van der Waals surface area contributed by atoms with Gasteiger partial charge in [0, 0.05) is 12.1 Å². The Hall–Kier alpha value is -0.880. The number of hydrogen-bond donors (Lipinski definition) is 1. The second kappa shape index (κ2) is 7.40. The van der Waals surface area contributed by atoms with Gasteiger partial charge in [-0.1, -0.05) is 17.7 Å². The van der Waals surface area contributed by atoms with Crippen LogP contribution in [0.25, 0.3) is 0 Å². The van der Waals surface area contributed by atoms with E-state index in [-0.39, 0.29) is 6.04 Å². The minimum Gasteiger partial charge on any atom is -0.383 e. The molecule has 2 aromatic rings. The van der Waals surface area contributed by atoms with E-state index >= 15 is 0 Å². The van der Waals surface area contributed by atoms with Gasteiger partial charge in [0.25, 0.3) is 0 Å². The molecule has 4 nitrogen and oxygen atoms in total. The first-order valence-electron chi connectivity index (χ1n) is 6.72. The summed E-state index contributed by atoms with van der Waals surface area (Å²) < 4.78 is 8.09. The summed E-state index contributed by atoms with van der Waals surface area (Å²) in [7, 11) is 3.63. The van der Waals surface area contributed by atoms with Crippen molar-refractivity contribution in [3.05, 3.63) is 50.7 Å². The van der Waals surface area contributed by atoms with Crippen molar-refractivity contribution in [2.24, 2.45) is 0 Å². The summed E-state index contributed by atoms with van der Waals surface area (Å²) in [6, 6.07) is 5.98. The second-order valence-corrected chi connectivity index (χ2v) is 6.11. The lowest BCUT2D eigenvalue weighted by atomic mass is 9.99. The highest BCUT2D eigenvalue weighted by Gasteiger charge is 2.22. The lowest BCUT2D eigenvalue weighted by Crippen LogP contribution is -2.23. The molecular formula is C15H19BrClN3O. The first-order valence-corrected chi connectivity index (χ1v) is 7.89. The molecule has 0 fully saturated rings. The van der Waals surface area contributed by atoms with E-state index in [4.69, 9.17) is 16.3 Å². The van der Waals surface area contributed by atoms with Crippen molar-refractivity contribution in [2.45, 2.75) is 19.5 Å². The molecule has 0 saturated heterocycles. The van der Waals surface area contributed by atoms with Gasteiger partial charge in [-0.15, -0.1) is 0 Å². The molecule has 0 amide bonds. The molecule has 0 spiro atoms. The molecule has 0 radical (unpaired) electrons. The SMILES string of the molecule is CNC(c1ccc(Cl)cc1C)c1c(Br)cnn1CCOC. The van der Waals surface area contributed by atoms with Crippen LogP contribution in [0.3, 0.4) is 0 Å². The summed E-state index contributed by atoms with van der Waals surface area (Å²) in [5.74, 6) is 0. The van der Waals surface area contributed by atoms with E-state index in [9.17, 15) is 0 Å². The highest BCUT2D eigenvalue weighted by molar-refractivity contribution is 9.10. The number of aromatic nitrogens is 2. The van der Waals surface area contributed by atoms with E-state index in [1.165, 1.54) is 5.56 Å². The Morgan fingerprint density at radius 2 is 2.24 bits per heavy atom. The number of aryl methyl sites for hydroxylation is 1. The Morgan fingerprint density at radius 1 is 1.48 bits per heavy atom. The molecule has 2 rings (SSSR count). The molecule has 1 unspecified atom stereocenters. The molecule has 1 heterocycles. The average molecular weight is 373 g/mol. The van der Waals surface area contributed by atoms with Gasteiger partial charge in [0.15, 0.2) is 0 Å². The molecule has 0 bridgehead atoms. The normalized spacial score (nSPS) is 12.6. The topological polar surface area (TPSA) is 39.1 Å². The predicted molar refractivity (Wildman–Crippen MR) is 88.9 cm³/mol. The van der Waals surface area contributed by atoms with Crippen molar-refractivity contribution in [3.63, 3.8) is 0 Å². The van der Waals surface area contributed by atoms with Crippen LogP contribution in [0.5, 0.6) is 0 Å². The van der Waals surface area contributed by atoms with Crippen LogP contribution in [-0.4, -0.2) is 30.5 Å². The van der Waals surface area contributed by atoms with Crippen LogP contribution in [0.4, 0.5) is 0 Å². The molecule has 1 atom stereocenters. The van der Waals surface area contributed by atoms with Crippen molar-refractivity contribution in [2.75, 3.05) is 20.8 Å². The fraction of sp³-hybridized carbons (Fsp3) is 0.400. The third kappa shape index (κ3) is 3.66. The van der Waals surface area contributed by atoms with Crippen LogP contribution in [-0.2, 0) is 11.3 Å². The molecule has 6 heteroatoms. The lowest BCUT2D eigenvalue weighted by molar-refractivity contribution is 0.182. The zero-order valence-electron chi connectivity index (χ0n) is 12.4. The van der Waals surface area contributed by atoms with E-state index in [0.29, 0.717) is 13.2 Å². The Kier molecular flexibility index (Phi) is 5.81. The largest absolute Gasteiger partial charge is 0.383 e. The zero-order chi connectivity index (χ0) is 15.4. The number of rotatable bonds is 6. The van der Waals surface area contributed by atoms with Crippen molar-refractivity contribution in [1.29, 1.82) is 0 Å². The fourth-order valence-electron chi connectivity index (χ4n) is 2.42. The van der Waals surface area contributed by atoms with Crippen molar-refractivity contribution in [1.82, 2.24) is 15.1 Å². The third-order valence-electron chi connectivity index (χ3n) is 3.45. The van der Waals surface area contributed by atoms with Crippen LogP contribution < -0.4 is 5.32 Å². The monoisotopic (exact) mass is 371 g/mol. The number of ether oxygens (including phenoxy) is 1. The Morgan fingerprint density at radius 3 is 2.86 bits per heavy atom. The molecule has 0 aliphatic rings. The summed E-state index contributed by atoms with van der Waals surface area (Å²) in [5.41, 5.74) is 3.41. The van der Waals surface area contributed by atoms with Crippen LogP contribution in [0.2, 0.25) is 5.02 Å². The molecule has 1 aromatic heterocycles. The van der Waals surface area contributed by atoms with Crippen LogP contribution in [0.15, 0.2) is 28.9 Å². The van der Waals surface area contributed by atoms with E-state index in [2.05, 4.69) is 39.3 Å². The molecule has 1 N–H and O–H groups in total. The van der Waals surface area contributed by atoms with Gasteiger partial charge in [-0.3, -0.25) is 4.68 Å². The molecule has 0 saturated carbocycles. The smallest absolute Gasteiger partial charge is 0.0760 e. The third-order valence-corrected chi connectivity index (χ3v) is 4.29. The van der Waals surface area contributed by atoms with Gasteiger partial charge >= 0.3 is 0 Å². The minimum absolute atomic E-state index is 0.0380. The maximum absolute atomic E-state index is 6.06. The second-order valence-electron chi connectivity index (χ2n) is 4.82. The van der Waals surface area contributed by atoms with E-state index < -0.39 is 0 Å². The van der Waals surface area contributed by atoms with Gasteiger partial charge in [-0.25, -0.2) is 0 Å². The van der Waals surface area contributed by atoms with Gasteiger partial charge in [0.2, 0.25) is 0 Å². The van der Waals surface area contributed by atoms with Crippen molar-refractivity contribution in [3.8, 4) is 0 Å². The summed E-state index contributed by atoms with van der Waals surface area (Å²) in [6.07, 6.45) is 1.82. The lowest BCUT2D eigenvalue weighted by Gasteiger charge is -2.21. The molecule has 0 aliphatic heterocycles. The summed E-state index contributed by atoms with van der Waals surface area (Å²) in [4.78, 5) is 0. The number of hydrogen-bond acceptors (Lipinski definition) is 3. The number of nitrogens with one attached hydrogen (secondary N) is 1. The molecular weight excluding hydrogens is 354 g/mol. The van der Waals surface area contributed by atoms with Crippen LogP contribution in [0, 0.1) is 6.92 Å². The maximum Gasteiger partial charge on any atom is 0.0760 e. The van der Waals surface area contributed by atoms with Crippen LogP contribution >= 0.6 is 27.5 Å². The Bertz CT molecular complexity index is 615. The highest BCUT2D eigenvalue weighted by Crippen LogP contribution is 2.31. The van der Waals surface area contributed by atoms with Crippen LogP contribution in [0.1, 0.15) is 22.9 Å². The molecule has 1 aromatic carbocycles. The summed E-state index contributed by atoms with van der Waals surface area (Å²) in [5, 5.41) is 8.53. The first kappa shape index (κ1) is 16.5. The maximum atomic E-state index is 6.06. The molecule has 0 aliphatic carbocycles. The van der Waals surface area contributed by atoms with Crippen molar-refractivity contribution >= 4 is 27.5 Å². The molecule has 114 valence electrons. The highest BCUT2D eigenvalue weighted by atomic mass is 79.9. The average Bonchev–Trinajstić information content (AvgIpc) is 2.81. The minimum atomic E-state index is 0.0380. The fourth-order valence-corrected chi connectivity index (χ4v) is 3.17. The number of methoxy groups -OCH3 is 1. The Labute approximate surface area is 138 Å². The standard InChI is InChI=1S/C15H19BrClN3O/c1-10-8-11(17)4-5-12(10)14(18-2)15-13(16)9-19-20(15)6-7-21-3/h4-5,8-9,14,18H,6-7H2,1-3H3. The zero-order valence-corrected chi connectivity index (χ0v) is 14.7. The molecule has 21 heavy (non-hydrogen) atoms.